The van der Waals surface area contributed by atoms with E-state index in [9.17, 15) is 14.9 Å². The predicted octanol–water partition coefficient (Wildman–Crippen LogP) is 3.98. The molecule has 1 aromatic heterocycles. The number of amides is 1. The first kappa shape index (κ1) is 16.8. The Morgan fingerprint density at radius 2 is 1.81 bits per heavy atom. The van der Waals surface area contributed by atoms with Gasteiger partial charge in [-0.05, 0) is 30.3 Å². The highest BCUT2D eigenvalue weighted by Gasteiger charge is 2.39. The van der Waals surface area contributed by atoms with Gasteiger partial charge in [0.15, 0.2) is 0 Å². The maximum Gasteiger partial charge on any atom is 0.276 e. The molecule has 1 aliphatic rings. The molecule has 0 saturated carbocycles. The van der Waals surface area contributed by atoms with Crippen LogP contribution in [0.15, 0.2) is 71.3 Å². The van der Waals surface area contributed by atoms with Crippen molar-refractivity contribution in [2.24, 2.45) is 0 Å². The third kappa shape index (κ3) is 2.83. The van der Waals surface area contributed by atoms with Crippen molar-refractivity contribution >= 4 is 17.3 Å². The lowest BCUT2D eigenvalue weighted by molar-refractivity contribution is -0.386. The SMILES string of the molecule is CN1c2ccccc2C(=O)N(Cc2ccco2)[C@@H]1c1ccccc1[N+](=O)[O-]. The van der Waals surface area contributed by atoms with E-state index in [4.69, 9.17) is 4.42 Å². The second-order valence-corrected chi connectivity index (χ2v) is 6.33. The maximum absolute atomic E-state index is 13.2. The molecule has 27 heavy (non-hydrogen) atoms. The minimum Gasteiger partial charge on any atom is -0.467 e. The third-order valence-corrected chi connectivity index (χ3v) is 4.76. The van der Waals surface area contributed by atoms with E-state index in [0.717, 1.165) is 5.69 Å². The first-order chi connectivity index (χ1) is 13.1. The zero-order chi connectivity index (χ0) is 19.0. The number of fused-ring (bicyclic) bond motifs is 1. The molecule has 0 fully saturated rings. The number of furan rings is 1. The van der Waals surface area contributed by atoms with Crippen LogP contribution in [0, 0.1) is 10.1 Å². The van der Waals surface area contributed by atoms with Gasteiger partial charge in [0.1, 0.15) is 11.9 Å². The van der Waals surface area contributed by atoms with Crippen molar-refractivity contribution in [1.82, 2.24) is 4.90 Å². The Morgan fingerprint density at radius 1 is 1.07 bits per heavy atom. The summed E-state index contributed by atoms with van der Waals surface area (Å²) in [5.74, 6) is 0.419. The zero-order valence-corrected chi connectivity index (χ0v) is 14.6. The van der Waals surface area contributed by atoms with Gasteiger partial charge < -0.3 is 14.2 Å². The van der Waals surface area contributed by atoms with Gasteiger partial charge in [-0.25, -0.2) is 0 Å². The summed E-state index contributed by atoms with van der Waals surface area (Å²) in [6.45, 7) is 0.210. The van der Waals surface area contributed by atoms with Crippen molar-refractivity contribution in [3.63, 3.8) is 0 Å². The van der Waals surface area contributed by atoms with Crippen LogP contribution in [-0.4, -0.2) is 22.8 Å². The first-order valence-corrected chi connectivity index (χ1v) is 8.46. The number of carbonyl (C=O) groups excluding carboxylic acids is 1. The highest BCUT2D eigenvalue weighted by atomic mass is 16.6. The van der Waals surface area contributed by atoms with Gasteiger partial charge in [0, 0.05) is 13.1 Å². The summed E-state index contributed by atoms with van der Waals surface area (Å²) in [7, 11) is 1.84. The van der Waals surface area contributed by atoms with Crippen LogP contribution in [0.5, 0.6) is 0 Å². The Bertz CT molecular complexity index is 1000. The fourth-order valence-corrected chi connectivity index (χ4v) is 3.55. The molecule has 136 valence electrons. The lowest BCUT2D eigenvalue weighted by atomic mass is 10.0. The molecule has 2 aromatic carbocycles. The van der Waals surface area contributed by atoms with E-state index < -0.39 is 11.1 Å². The van der Waals surface area contributed by atoms with Gasteiger partial charge in [0.2, 0.25) is 0 Å². The molecule has 0 saturated heterocycles. The van der Waals surface area contributed by atoms with Gasteiger partial charge in [-0.1, -0.05) is 24.3 Å². The minimum absolute atomic E-state index is 0.0222. The molecule has 1 aliphatic heterocycles. The molecule has 7 nitrogen and oxygen atoms in total. The van der Waals surface area contributed by atoms with E-state index in [0.29, 0.717) is 16.9 Å². The highest BCUT2D eigenvalue weighted by molar-refractivity contribution is 6.02. The Balaban J connectivity index is 1.88. The second kappa shape index (κ2) is 6.60. The van der Waals surface area contributed by atoms with Crippen LogP contribution in [0.3, 0.4) is 0 Å². The zero-order valence-electron chi connectivity index (χ0n) is 14.6. The van der Waals surface area contributed by atoms with E-state index in [2.05, 4.69) is 0 Å². The fourth-order valence-electron chi connectivity index (χ4n) is 3.55. The van der Waals surface area contributed by atoms with E-state index in [1.165, 1.54) is 6.07 Å². The summed E-state index contributed by atoms with van der Waals surface area (Å²) in [5.41, 5.74) is 1.73. The number of anilines is 1. The van der Waals surface area contributed by atoms with Crippen molar-refractivity contribution in [3.8, 4) is 0 Å². The van der Waals surface area contributed by atoms with Crippen LogP contribution in [-0.2, 0) is 6.54 Å². The van der Waals surface area contributed by atoms with Crippen molar-refractivity contribution in [3.05, 3.63) is 93.9 Å². The number of nitrogens with zero attached hydrogens (tertiary/aromatic N) is 3. The van der Waals surface area contributed by atoms with Crippen LogP contribution >= 0.6 is 0 Å². The van der Waals surface area contributed by atoms with Crippen LogP contribution in [0.1, 0.15) is 27.8 Å². The predicted molar refractivity (Wildman–Crippen MR) is 99.3 cm³/mol. The van der Waals surface area contributed by atoms with E-state index in [-0.39, 0.29) is 18.1 Å². The average Bonchev–Trinajstić information content (AvgIpc) is 3.19. The quantitative estimate of drug-likeness (QED) is 0.517. The molecule has 0 spiro atoms. The number of benzene rings is 2. The summed E-state index contributed by atoms with van der Waals surface area (Å²) in [6.07, 6.45) is 0.917. The first-order valence-electron chi connectivity index (χ1n) is 8.46. The molecule has 3 aromatic rings. The number of para-hydroxylation sites is 2. The lowest BCUT2D eigenvalue weighted by Crippen LogP contribution is -2.47. The Kier molecular flexibility index (Phi) is 4.12. The van der Waals surface area contributed by atoms with E-state index >= 15 is 0 Å². The van der Waals surface area contributed by atoms with Crippen LogP contribution in [0.2, 0.25) is 0 Å². The number of carbonyl (C=O) groups is 1. The van der Waals surface area contributed by atoms with Gasteiger partial charge in [0.05, 0.1) is 34.5 Å². The van der Waals surface area contributed by atoms with Crippen LogP contribution in [0.4, 0.5) is 11.4 Å². The van der Waals surface area contributed by atoms with Crippen LogP contribution < -0.4 is 4.90 Å². The van der Waals surface area contributed by atoms with Crippen molar-refractivity contribution in [1.29, 1.82) is 0 Å². The molecule has 0 radical (unpaired) electrons. The monoisotopic (exact) mass is 363 g/mol. The molecule has 0 N–H and O–H groups in total. The van der Waals surface area contributed by atoms with Crippen molar-refractivity contribution in [2.45, 2.75) is 12.7 Å². The van der Waals surface area contributed by atoms with Gasteiger partial charge in [-0.3, -0.25) is 14.9 Å². The molecule has 0 bridgehead atoms. The smallest absolute Gasteiger partial charge is 0.276 e. The summed E-state index contributed by atoms with van der Waals surface area (Å²) in [5, 5.41) is 11.6. The molecule has 4 rings (SSSR count). The number of nitro benzene ring substituents is 1. The van der Waals surface area contributed by atoms with Gasteiger partial charge >= 0.3 is 0 Å². The molecule has 2 heterocycles. The molecule has 7 heteroatoms. The Morgan fingerprint density at radius 3 is 2.56 bits per heavy atom. The molecule has 0 aliphatic carbocycles. The Labute approximate surface area is 155 Å². The largest absolute Gasteiger partial charge is 0.467 e. The summed E-state index contributed by atoms with van der Waals surface area (Å²) in [4.78, 5) is 27.9. The van der Waals surface area contributed by atoms with E-state index in [1.807, 2.05) is 24.1 Å². The number of nitro groups is 1. The number of rotatable bonds is 4. The molecule has 1 atom stereocenters. The lowest BCUT2D eigenvalue weighted by Gasteiger charge is -2.43. The highest BCUT2D eigenvalue weighted by Crippen LogP contribution is 2.41. The maximum atomic E-state index is 13.2. The minimum atomic E-state index is -0.626. The summed E-state index contributed by atoms with van der Waals surface area (Å²) >= 11 is 0. The normalized spacial score (nSPS) is 16.3. The van der Waals surface area contributed by atoms with E-state index in [1.54, 1.807) is 53.6 Å². The fraction of sp³-hybridized carbons (Fsp3) is 0.150. The molecule has 1 amide bonds. The van der Waals surface area contributed by atoms with Gasteiger partial charge in [0.25, 0.3) is 11.6 Å². The molecule has 0 unspecified atom stereocenters. The number of hydrogen-bond donors (Lipinski definition) is 0. The summed E-state index contributed by atoms with van der Waals surface area (Å²) in [6, 6.07) is 17.3. The third-order valence-electron chi connectivity index (χ3n) is 4.76. The topological polar surface area (TPSA) is 79.8 Å². The van der Waals surface area contributed by atoms with Crippen molar-refractivity contribution < 1.29 is 14.1 Å². The van der Waals surface area contributed by atoms with Crippen molar-refractivity contribution in [2.75, 3.05) is 11.9 Å². The van der Waals surface area contributed by atoms with Crippen LogP contribution in [0.25, 0.3) is 0 Å². The average molecular weight is 363 g/mol. The standard InChI is InChI=1S/C20H17N3O4/c1-21-17-10-4-3-9-16(17)20(24)22(13-14-7-6-12-27-14)19(21)15-8-2-5-11-18(15)23(25)26/h2-12,19H,13H2,1H3/t19-/m1/s1. The summed E-state index contributed by atoms with van der Waals surface area (Å²) < 4.78 is 5.42. The second-order valence-electron chi connectivity index (χ2n) is 6.33. The van der Waals surface area contributed by atoms with Gasteiger partial charge in [-0.15, -0.1) is 0 Å². The molecular weight excluding hydrogens is 346 g/mol. The molecular formula is C20H17N3O4. The van der Waals surface area contributed by atoms with Gasteiger partial charge in [-0.2, -0.15) is 0 Å². The Hall–Kier alpha value is -3.61. The number of hydrogen-bond acceptors (Lipinski definition) is 5.